The fourth-order valence-corrected chi connectivity index (χ4v) is 4.27. The molecule has 0 fully saturated rings. The van der Waals surface area contributed by atoms with Crippen molar-refractivity contribution in [3.05, 3.63) is 101 Å². The maximum Gasteiger partial charge on any atom is 0.416 e. The van der Waals surface area contributed by atoms with Gasteiger partial charge in [0.05, 0.1) is 16.7 Å². The van der Waals surface area contributed by atoms with E-state index in [2.05, 4.69) is 34.8 Å². The molecule has 32 heavy (non-hydrogen) atoms. The molecule has 0 bridgehead atoms. The molecule has 3 aromatic carbocycles. The summed E-state index contributed by atoms with van der Waals surface area (Å²) in [5.41, 5.74) is 6.14. The van der Waals surface area contributed by atoms with Crippen molar-refractivity contribution in [2.24, 2.45) is 0 Å². The highest BCUT2D eigenvalue weighted by Gasteiger charge is 2.32. The van der Waals surface area contributed by atoms with E-state index in [0.29, 0.717) is 0 Å². The average Bonchev–Trinajstić information content (AvgIpc) is 3.36. The molecule has 0 amide bonds. The zero-order chi connectivity index (χ0) is 21.6. The van der Waals surface area contributed by atoms with E-state index >= 15 is 0 Å². The standard InChI is InChI=1S/C26H19F3N2.ClH/c1-2-31-16-22(20-8-4-6-10-24(20)31)25(17-11-13-18(14-12-17)26(27,28)29)21-15-30-23-9-5-3-7-19(21)23;/h3-16H,2H2,1H3;1H. The fraction of sp³-hybridized carbons (Fsp3) is 0.115. The number of allylic oxidation sites excluding steroid dienone is 1. The first kappa shape index (κ1) is 21.9. The number of aromatic nitrogens is 1. The van der Waals surface area contributed by atoms with Crippen molar-refractivity contribution in [3.63, 3.8) is 0 Å². The van der Waals surface area contributed by atoms with Crippen LogP contribution in [0.25, 0.3) is 22.0 Å². The highest BCUT2D eigenvalue weighted by atomic mass is 35.5. The summed E-state index contributed by atoms with van der Waals surface area (Å²) < 4.78 is 41.7. The van der Waals surface area contributed by atoms with Crippen LogP contribution in [0.2, 0.25) is 0 Å². The Bertz CT molecular complexity index is 1350. The molecule has 1 N–H and O–H groups in total. The van der Waals surface area contributed by atoms with E-state index in [1.165, 1.54) is 0 Å². The Balaban J connectivity index is 0.00000245. The van der Waals surface area contributed by atoms with Crippen LogP contribution in [0, 0.1) is 0 Å². The Morgan fingerprint density at radius 1 is 0.906 bits per heavy atom. The van der Waals surface area contributed by atoms with Gasteiger partial charge in [0.2, 0.25) is 5.69 Å². The maximum absolute atomic E-state index is 13.2. The minimum absolute atomic E-state index is 0. The van der Waals surface area contributed by atoms with E-state index in [0.717, 1.165) is 63.1 Å². The predicted octanol–water partition coefficient (Wildman–Crippen LogP) is 3.90. The molecule has 0 atom stereocenters. The molecule has 6 heteroatoms. The Morgan fingerprint density at radius 3 is 2.31 bits per heavy atom. The van der Waals surface area contributed by atoms with E-state index in [9.17, 15) is 13.2 Å². The van der Waals surface area contributed by atoms with Gasteiger partial charge >= 0.3 is 6.18 Å². The van der Waals surface area contributed by atoms with Gasteiger partial charge in [-0.3, -0.25) is 0 Å². The van der Waals surface area contributed by atoms with Crippen LogP contribution in [0.5, 0.6) is 0 Å². The number of H-pyrrole nitrogens is 1. The largest absolute Gasteiger partial charge is 1.00 e. The van der Waals surface area contributed by atoms with Crippen molar-refractivity contribution in [2.45, 2.75) is 13.1 Å². The van der Waals surface area contributed by atoms with Gasteiger partial charge < -0.3 is 17.4 Å². The molecule has 1 aromatic heterocycles. The van der Waals surface area contributed by atoms with Gasteiger partial charge in [0.1, 0.15) is 6.54 Å². The zero-order valence-electron chi connectivity index (χ0n) is 17.2. The molecule has 0 radical (unpaired) electrons. The number of rotatable bonds is 3. The monoisotopic (exact) mass is 452 g/mol. The van der Waals surface area contributed by atoms with E-state index in [-0.39, 0.29) is 12.4 Å². The highest BCUT2D eigenvalue weighted by molar-refractivity contribution is 6.25. The SMILES string of the molecule is CC[N+]1=CC(=C(c2ccc(C(F)(F)F)cc2)c2c[nH]c3ccccc23)c2ccccc21.[Cl-]. The van der Waals surface area contributed by atoms with Gasteiger partial charge in [-0.15, -0.1) is 0 Å². The van der Waals surface area contributed by atoms with Crippen molar-refractivity contribution in [3.8, 4) is 0 Å². The molecule has 0 unspecified atom stereocenters. The first-order chi connectivity index (χ1) is 15.0. The molecule has 1 aliphatic rings. The van der Waals surface area contributed by atoms with Crippen molar-refractivity contribution in [1.29, 1.82) is 0 Å². The summed E-state index contributed by atoms with van der Waals surface area (Å²) in [4.78, 5) is 3.31. The van der Waals surface area contributed by atoms with Crippen molar-refractivity contribution in [1.82, 2.24) is 4.98 Å². The summed E-state index contributed by atoms with van der Waals surface area (Å²) in [6.45, 7) is 2.88. The van der Waals surface area contributed by atoms with E-state index in [4.69, 9.17) is 0 Å². The molecule has 0 saturated carbocycles. The quantitative estimate of drug-likeness (QED) is 0.455. The number of halogens is 4. The minimum Gasteiger partial charge on any atom is -1.00 e. The van der Waals surface area contributed by atoms with Gasteiger partial charge in [0, 0.05) is 34.3 Å². The number of para-hydroxylation sites is 2. The molecule has 1 aliphatic heterocycles. The number of nitrogens with one attached hydrogen (secondary N) is 1. The molecule has 4 aromatic rings. The molecule has 2 nitrogen and oxygen atoms in total. The molecular weight excluding hydrogens is 433 g/mol. The number of nitrogens with zero attached hydrogens (tertiary/aromatic N) is 1. The summed E-state index contributed by atoms with van der Waals surface area (Å²) in [6, 6.07) is 21.5. The van der Waals surface area contributed by atoms with E-state index < -0.39 is 11.7 Å². The second-order valence-corrected chi connectivity index (χ2v) is 7.54. The van der Waals surface area contributed by atoms with Crippen molar-refractivity contribution in [2.75, 3.05) is 6.54 Å². The first-order valence-electron chi connectivity index (χ1n) is 10.2. The zero-order valence-corrected chi connectivity index (χ0v) is 18.0. The molecule has 5 rings (SSSR count). The topological polar surface area (TPSA) is 18.8 Å². The Labute approximate surface area is 190 Å². The molecule has 0 aliphatic carbocycles. The third kappa shape index (κ3) is 3.63. The van der Waals surface area contributed by atoms with E-state index in [1.54, 1.807) is 12.1 Å². The van der Waals surface area contributed by atoms with Crippen molar-refractivity contribution < 1.29 is 30.2 Å². The maximum atomic E-state index is 13.2. The lowest BCUT2D eigenvalue weighted by Crippen LogP contribution is -3.00. The lowest BCUT2D eigenvalue weighted by molar-refractivity contribution is -0.427. The number of benzene rings is 3. The summed E-state index contributed by atoms with van der Waals surface area (Å²) in [6.07, 6.45) is -0.327. The van der Waals surface area contributed by atoms with Gasteiger partial charge in [-0.1, -0.05) is 42.5 Å². The van der Waals surface area contributed by atoms with Crippen LogP contribution in [-0.4, -0.2) is 22.3 Å². The number of aromatic amines is 1. The molecular formula is C26H20ClF3N2. The molecule has 0 saturated heterocycles. The van der Waals surface area contributed by atoms with Crippen LogP contribution in [-0.2, 0) is 6.18 Å². The lowest BCUT2D eigenvalue weighted by atomic mass is 9.89. The lowest BCUT2D eigenvalue weighted by Gasteiger charge is -2.12. The van der Waals surface area contributed by atoms with Gasteiger partial charge in [0.25, 0.3) is 0 Å². The highest BCUT2D eigenvalue weighted by Crippen LogP contribution is 2.41. The van der Waals surface area contributed by atoms with Crippen LogP contribution < -0.4 is 12.4 Å². The van der Waals surface area contributed by atoms with E-state index in [1.807, 2.05) is 42.6 Å². The molecule has 162 valence electrons. The number of hydrogen-bond acceptors (Lipinski definition) is 0. The molecule has 0 spiro atoms. The Hall–Kier alpha value is -3.31. The third-order valence-electron chi connectivity index (χ3n) is 5.76. The number of fused-ring (bicyclic) bond motifs is 2. The normalized spacial score (nSPS) is 14.7. The predicted molar refractivity (Wildman–Crippen MR) is 119 cm³/mol. The fourth-order valence-electron chi connectivity index (χ4n) is 4.27. The second kappa shape index (κ2) is 8.32. The van der Waals surface area contributed by atoms with Crippen LogP contribution in [0.15, 0.2) is 79.0 Å². The third-order valence-corrected chi connectivity index (χ3v) is 5.76. The number of hydrogen-bond donors (Lipinski definition) is 1. The average molecular weight is 453 g/mol. The van der Waals surface area contributed by atoms with Gasteiger partial charge in [-0.25, -0.2) is 0 Å². The van der Waals surface area contributed by atoms with Gasteiger partial charge in [0.15, 0.2) is 6.21 Å². The first-order valence-corrected chi connectivity index (χ1v) is 10.2. The van der Waals surface area contributed by atoms with Crippen LogP contribution in [0.4, 0.5) is 18.9 Å². The number of alkyl halides is 3. The van der Waals surface area contributed by atoms with Gasteiger partial charge in [-0.05, 0) is 36.8 Å². The van der Waals surface area contributed by atoms with Crippen LogP contribution in [0.1, 0.15) is 29.2 Å². The van der Waals surface area contributed by atoms with Gasteiger partial charge in [-0.2, -0.15) is 17.7 Å². The van der Waals surface area contributed by atoms with Crippen molar-refractivity contribution >= 4 is 34.0 Å². The van der Waals surface area contributed by atoms with Crippen LogP contribution >= 0.6 is 0 Å². The Morgan fingerprint density at radius 2 is 1.59 bits per heavy atom. The minimum atomic E-state index is -4.36. The Kier molecular flexibility index (Phi) is 5.70. The summed E-state index contributed by atoms with van der Waals surface area (Å²) in [7, 11) is 0. The van der Waals surface area contributed by atoms with Crippen LogP contribution in [0.3, 0.4) is 0 Å². The second-order valence-electron chi connectivity index (χ2n) is 7.54. The summed E-state index contributed by atoms with van der Waals surface area (Å²) in [5, 5.41) is 1.03. The summed E-state index contributed by atoms with van der Waals surface area (Å²) in [5.74, 6) is 0. The smallest absolute Gasteiger partial charge is 0.416 e. The summed E-state index contributed by atoms with van der Waals surface area (Å²) >= 11 is 0. The molecule has 2 heterocycles.